The van der Waals surface area contributed by atoms with Crippen LogP contribution in [0.15, 0.2) is 30.5 Å². The number of methoxy groups -OCH3 is 1. The highest BCUT2D eigenvalue weighted by Crippen LogP contribution is 2.26. The van der Waals surface area contributed by atoms with Gasteiger partial charge >= 0.3 is 0 Å². The van der Waals surface area contributed by atoms with E-state index < -0.39 is 5.60 Å². The molecule has 0 radical (unpaired) electrons. The molecular formula is C24H35N5O4. The fraction of sp³-hybridized carbons (Fsp3) is 0.583. The van der Waals surface area contributed by atoms with Crippen LogP contribution >= 0.6 is 0 Å². The van der Waals surface area contributed by atoms with Gasteiger partial charge in [-0.25, -0.2) is 4.98 Å². The van der Waals surface area contributed by atoms with Crippen LogP contribution in [0.5, 0.6) is 5.75 Å². The summed E-state index contributed by atoms with van der Waals surface area (Å²) in [5.41, 5.74) is 1.06. The zero-order valence-electron chi connectivity index (χ0n) is 19.4. The molecule has 2 fully saturated rings. The van der Waals surface area contributed by atoms with Crippen molar-refractivity contribution in [3.05, 3.63) is 36.0 Å². The maximum atomic E-state index is 10.6. The van der Waals surface area contributed by atoms with E-state index in [1.165, 1.54) is 25.9 Å². The molecule has 3 heterocycles. The van der Waals surface area contributed by atoms with Crippen molar-refractivity contribution >= 4 is 17.5 Å². The lowest BCUT2D eigenvalue weighted by molar-refractivity contribution is -0.0543. The highest BCUT2D eigenvalue weighted by Gasteiger charge is 2.29. The number of nitrogens with one attached hydrogen (secondary N) is 2. The van der Waals surface area contributed by atoms with E-state index in [1.807, 2.05) is 18.2 Å². The predicted molar refractivity (Wildman–Crippen MR) is 127 cm³/mol. The lowest BCUT2D eigenvalue weighted by Gasteiger charge is -2.32. The minimum Gasteiger partial charge on any atom is -0.496 e. The number of ether oxygens (including phenoxy) is 3. The standard InChI is InChI=1S/C24H35N5O4/c1-31-21-5-4-20(16-19(21)17-33-15-12-29-10-2-3-11-29)27-23-25-9-6-22(28-23)26-18-24(30)7-13-32-14-8-24/h4-6,9,16,30H,2-3,7-8,10-15,17-18H2,1H3,(H2,25,26,27,28). The Morgan fingerprint density at radius 3 is 2.79 bits per heavy atom. The van der Waals surface area contributed by atoms with Crippen LogP contribution in [0.4, 0.5) is 17.5 Å². The fourth-order valence-corrected chi connectivity index (χ4v) is 4.18. The van der Waals surface area contributed by atoms with E-state index in [4.69, 9.17) is 14.2 Å². The molecule has 2 aromatic rings. The topological polar surface area (TPSA) is 101 Å². The van der Waals surface area contributed by atoms with Gasteiger partial charge in [0.05, 0.1) is 25.9 Å². The average molecular weight is 458 g/mol. The summed E-state index contributed by atoms with van der Waals surface area (Å²) in [6.07, 6.45) is 5.50. The molecule has 1 aromatic carbocycles. The van der Waals surface area contributed by atoms with Crippen LogP contribution in [-0.2, 0) is 16.1 Å². The molecule has 9 heteroatoms. The second-order valence-electron chi connectivity index (χ2n) is 8.71. The van der Waals surface area contributed by atoms with E-state index in [0.29, 0.717) is 57.6 Å². The van der Waals surface area contributed by atoms with Crippen LogP contribution in [0.3, 0.4) is 0 Å². The van der Waals surface area contributed by atoms with Crippen LogP contribution in [0.25, 0.3) is 0 Å². The van der Waals surface area contributed by atoms with Crippen molar-refractivity contribution in [3.63, 3.8) is 0 Å². The Bertz CT molecular complexity index is 885. The van der Waals surface area contributed by atoms with E-state index in [2.05, 4.69) is 25.5 Å². The maximum absolute atomic E-state index is 10.6. The monoisotopic (exact) mass is 457 g/mol. The molecule has 33 heavy (non-hydrogen) atoms. The highest BCUT2D eigenvalue weighted by atomic mass is 16.5. The fourth-order valence-electron chi connectivity index (χ4n) is 4.18. The smallest absolute Gasteiger partial charge is 0.229 e. The van der Waals surface area contributed by atoms with Gasteiger partial charge in [0.1, 0.15) is 11.6 Å². The normalized spacial score (nSPS) is 18.2. The molecule has 0 amide bonds. The van der Waals surface area contributed by atoms with Gasteiger partial charge < -0.3 is 34.9 Å². The summed E-state index contributed by atoms with van der Waals surface area (Å²) in [6, 6.07) is 7.65. The first-order valence-electron chi connectivity index (χ1n) is 11.7. The molecule has 1 aromatic heterocycles. The largest absolute Gasteiger partial charge is 0.496 e. The Balaban J connectivity index is 1.32. The molecular weight excluding hydrogens is 422 g/mol. The van der Waals surface area contributed by atoms with Crippen molar-refractivity contribution in [2.45, 2.75) is 37.9 Å². The first-order valence-corrected chi connectivity index (χ1v) is 11.7. The molecule has 0 spiro atoms. The number of nitrogens with zero attached hydrogens (tertiary/aromatic N) is 3. The zero-order valence-corrected chi connectivity index (χ0v) is 19.4. The summed E-state index contributed by atoms with van der Waals surface area (Å²) in [5, 5.41) is 17.1. The molecule has 180 valence electrons. The van der Waals surface area contributed by atoms with E-state index in [9.17, 15) is 5.11 Å². The summed E-state index contributed by atoms with van der Waals surface area (Å²) < 4.78 is 16.8. The number of likely N-dealkylation sites (tertiary alicyclic amines) is 1. The maximum Gasteiger partial charge on any atom is 0.229 e. The van der Waals surface area contributed by atoms with E-state index in [-0.39, 0.29) is 0 Å². The minimum atomic E-state index is -0.767. The van der Waals surface area contributed by atoms with Crippen LogP contribution in [0, 0.1) is 0 Å². The quantitative estimate of drug-likeness (QED) is 0.440. The Kier molecular flexibility index (Phi) is 8.33. The van der Waals surface area contributed by atoms with Gasteiger partial charge in [-0.05, 0) is 50.2 Å². The molecule has 9 nitrogen and oxygen atoms in total. The summed E-state index contributed by atoms with van der Waals surface area (Å²) in [4.78, 5) is 11.3. The highest BCUT2D eigenvalue weighted by molar-refractivity contribution is 5.58. The molecule has 0 atom stereocenters. The predicted octanol–water partition coefficient (Wildman–Crippen LogP) is 2.79. The SMILES string of the molecule is COc1ccc(Nc2nccc(NCC3(O)CCOCC3)n2)cc1COCCN1CCCC1. The van der Waals surface area contributed by atoms with Gasteiger partial charge in [-0.15, -0.1) is 0 Å². The van der Waals surface area contributed by atoms with Crippen molar-refractivity contribution in [3.8, 4) is 5.75 Å². The molecule has 2 aliphatic heterocycles. The molecule has 2 aliphatic rings. The van der Waals surface area contributed by atoms with Crippen LogP contribution < -0.4 is 15.4 Å². The Morgan fingerprint density at radius 2 is 2.00 bits per heavy atom. The van der Waals surface area contributed by atoms with Crippen molar-refractivity contribution in [1.29, 1.82) is 0 Å². The van der Waals surface area contributed by atoms with Gasteiger partial charge in [-0.1, -0.05) is 0 Å². The van der Waals surface area contributed by atoms with Gasteiger partial charge in [0.25, 0.3) is 0 Å². The summed E-state index contributed by atoms with van der Waals surface area (Å²) >= 11 is 0. The van der Waals surface area contributed by atoms with Crippen molar-refractivity contribution in [2.24, 2.45) is 0 Å². The minimum absolute atomic E-state index is 0.425. The molecule has 3 N–H and O–H groups in total. The van der Waals surface area contributed by atoms with E-state index in [1.54, 1.807) is 19.4 Å². The summed E-state index contributed by atoms with van der Waals surface area (Å²) in [7, 11) is 1.67. The number of aliphatic hydroxyl groups is 1. The molecule has 4 rings (SSSR count). The molecule has 0 saturated carbocycles. The third-order valence-electron chi connectivity index (χ3n) is 6.22. The number of benzene rings is 1. The molecule has 0 unspecified atom stereocenters. The van der Waals surface area contributed by atoms with E-state index in [0.717, 1.165) is 23.5 Å². The zero-order chi connectivity index (χ0) is 22.9. The second-order valence-corrected chi connectivity index (χ2v) is 8.71. The van der Waals surface area contributed by atoms with Gasteiger partial charge in [0.15, 0.2) is 0 Å². The number of aromatic nitrogens is 2. The number of hydrogen-bond acceptors (Lipinski definition) is 9. The summed E-state index contributed by atoms with van der Waals surface area (Å²) in [5.74, 6) is 1.93. The molecule has 2 saturated heterocycles. The van der Waals surface area contributed by atoms with Gasteiger partial charge in [0.2, 0.25) is 5.95 Å². The van der Waals surface area contributed by atoms with E-state index >= 15 is 0 Å². The van der Waals surface area contributed by atoms with Gasteiger partial charge in [-0.2, -0.15) is 4.98 Å². The van der Waals surface area contributed by atoms with Crippen LogP contribution in [-0.4, -0.2) is 78.7 Å². The van der Waals surface area contributed by atoms with Crippen molar-refractivity contribution in [1.82, 2.24) is 14.9 Å². The molecule has 0 aliphatic carbocycles. The Hall–Kier alpha value is -2.46. The number of anilines is 3. The lowest BCUT2D eigenvalue weighted by Crippen LogP contribution is -2.42. The molecule has 0 bridgehead atoms. The first kappa shape index (κ1) is 23.7. The Morgan fingerprint density at radius 1 is 1.18 bits per heavy atom. The van der Waals surface area contributed by atoms with Crippen LogP contribution in [0.1, 0.15) is 31.2 Å². The number of rotatable bonds is 11. The first-order chi connectivity index (χ1) is 16.1. The lowest BCUT2D eigenvalue weighted by atomic mass is 9.94. The van der Waals surface area contributed by atoms with Crippen molar-refractivity contribution in [2.75, 3.05) is 63.7 Å². The Labute approximate surface area is 195 Å². The second kappa shape index (κ2) is 11.6. The van der Waals surface area contributed by atoms with Gasteiger partial charge in [0, 0.05) is 56.6 Å². The van der Waals surface area contributed by atoms with Crippen molar-refractivity contribution < 1.29 is 19.3 Å². The third kappa shape index (κ3) is 7.01. The average Bonchev–Trinajstić information content (AvgIpc) is 3.35. The number of hydrogen-bond donors (Lipinski definition) is 3. The van der Waals surface area contributed by atoms with Crippen LogP contribution in [0.2, 0.25) is 0 Å². The third-order valence-corrected chi connectivity index (χ3v) is 6.22. The van der Waals surface area contributed by atoms with Gasteiger partial charge in [-0.3, -0.25) is 0 Å². The summed E-state index contributed by atoms with van der Waals surface area (Å²) in [6.45, 7) is 6.09.